The smallest absolute Gasteiger partial charge is 0.272 e. The van der Waals surface area contributed by atoms with Crippen LogP contribution >= 0.6 is 0 Å². The zero-order valence-electron chi connectivity index (χ0n) is 8.36. The number of hydrogen-bond donors (Lipinski definition) is 0. The number of hydrogen-bond acceptors (Lipinski definition) is 1. The molecule has 0 unspecified atom stereocenters. The summed E-state index contributed by atoms with van der Waals surface area (Å²) < 4.78 is 0. The van der Waals surface area contributed by atoms with Crippen molar-refractivity contribution in [2.45, 2.75) is 31.7 Å². The second-order valence-corrected chi connectivity index (χ2v) is 3.89. The topological polar surface area (TPSA) is 24.7 Å². The fraction of sp³-hybridized carbons (Fsp3) is 0.800. The summed E-state index contributed by atoms with van der Waals surface area (Å²) in [6, 6.07) is 0.284. The van der Waals surface area contributed by atoms with Gasteiger partial charge in [0.1, 0.15) is 0 Å². The standard InChI is InChI=1S/C10H17N2O/c1-11-9-6-4-8(5-7-9)10(13)12(2)3/h1,8-9H,4-7H2,2-3H3/q+1. The van der Waals surface area contributed by atoms with Gasteiger partial charge in [-0.15, -0.1) is 0 Å². The lowest BCUT2D eigenvalue weighted by Gasteiger charge is -2.23. The first-order valence-electron chi connectivity index (χ1n) is 4.76. The SMILES string of the molecule is C#[N+]C1CCC(C(=O)N(C)C)CC1. The maximum atomic E-state index is 11.6. The lowest BCUT2D eigenvalue weighted by atomic mass is 9.85. The number of nitrogens with zero attached hydrogens (tertiary/aromatic N) is 2. The Bertz CT molecular complexity index is 222. The summed E-state index contributed by atoms with van der Waals surface area (Å²) in [6.07, 6.45) is 3.78. The first kappa shape index (κ1) is 10.0. The van der Waals surface area contributed by atoms with Gasteiger partial charge in [0, 0.05) is 32.9 Å². The van der Waals surface area contributed by atoms with Crippen molar-refractivity contribution in [3.05, 3.63) is 4.85 Å². The highest BCUT2D eigenvalue weighted by molar-refractivity contribution is 5.78. The van der Waals surface area contributed by atoms with Crippen molar-refractivity contribution in [1.82, 2.24) is 4.90 Å². The minimum atomic E-state index is 0.202. The quantitative estimate of drug-likeness (QED) is 0.603. The third-order valence-corrected chi connectivity index (χ3v) is 2.70. The van der Waals surface area contributed by atoms with Crippen LogP contribution in [-0.2, 0) is 4.79 Å². The summed E-state index contributed by atoms with van der Waals surface area (Å²) in [4.78, 5) is 17.0. The van der Waals surface area contributed by atoms with E-state index < -0.39 is 0 Å². The van der Waals surface area contributed by atoms with E-state index >= 15 is 0 Å². The molecular formula is C10H17N2O+. The summed E-state index contributed by atoms with van der Waals surface area (Å²) in [5.41, 5.74) is 0. The molecule has 0 aliphatic heterocycles. The summed E-state index contributed by atoms with van der Waals surface area (Å²) in [5, 5.41) is 0. The molecule has 0 N–H and O–H groups in total. The van der Waals surface area contributed by atoms with E-state index in [1.54, 1.807) is 4.90 Å². The van der Waals surface area contributed by atoms with Crippen LogP contribution in [0.3, 0.4) is 0 Å². The average Bonchev–Trinajstić information content (AvgIpc) is 2.17. The van der Waals surface area contributed by atoms with Crippen molar-refractivity contribution in [2.24, 2.45) is 5.92 Å². The molecule has 72 valence electrons. The van der Waals surface area contributed by atoms with Gasteiger partial charge in [0.2, 0.25) is 5.91 Å². The van der Waals surface area contributed by atoms with E-state index in [4.69, 9.17) is 6.57 Å². The summed E-state index contributed by atoms with van der Waals surface area (Å²) in [7, 11) is 3.61. The highest BCUT2D eigenvalue weighted by Crippen LogP contribution is 2.27. The van der Waals surface area contributed by atoms with Gasteiger partial charge in [-0.2, -0.15) is 0 Å². The Kier molecular flexibility index (Phi) is 3.30. The van der Waals surface area contributed by atoms with E-state index in [-0.39, 0.29) is 17.9 Å². The minimum Gasteiger partial charge on any atom is -0.349 e. The van der Waals surface area contributed by atoms with Crippen molar-refractivity contribution >= 4 is 5.91 Å². The molecule has 0 atom stereocenters. The molecule has 0 saturated heterocycles. The van der Waals surface area contributed by atoms with E-state index in [1.165, 1.54) is 0 Å². The zero-order chi connectivity index (χ0) is 9.84. The van der Waals surface area contributed by atoms with Gasteiger partial charge in [0.05, 0.1) is 0 Å². The molecule has 0 spiro atoms. The Hall–Kier alpha value is -1.04. The predicted octanol–water partition coefficient (Wildman–Crippen LogP) is 1.60. The van der Waals surface area contributed by atoms with Crippen LogP contribution in [0.4, 0.5) is 0 Å². The van der Waals surface area contributed by atoms with Gasteiger partial charge >= 0.3 is 0 Å². The van der Waals surface area contributed by atoms with Crippen LogP contribution in [0.2, 0.25) is 0 Å². The Balaban J connectivity index is 2.42. The molecule has 1 amide bonds. The lowest BCUT2D eigenvalue weighted by molar-refractivity contribution is -0.133. The van der Waals surface area contributed by atoms with Crippen LogP contribution in [-0.4, -0.2) is 30.9 Å². The first-order chi connectivity index (χ1) is 6.15. The third kappa shape index (κ3) is 2.45. The highest BCUT2D eigenvalue weighted by atomic mass is 16.2. The molecule has 0 aromatic carbocycles. The van der Waals surface area contributed by atoms with Gasteiger partial charge in [0.15, 0.2) is 0 Å². The molecule has 0 aromatic heterocycles. The van der Waals surface area contributed by atoms with E-state index in [0.29, 0.717) is 0 Å². The predicted molar refractivity (Wildman–Crippen MR) is 52.7 cm³/mol. The van der Waals surface area contributed by atoms with Crippen molar-refractivity contribution < 1.29 is 4.79 Å². The molecule has 3 heteroatoms. The van der Waals surface area contributed by atoms with Crippen LogP contribution in [0, 0.1) is 12.5 Å². The number of amides is 1. The van der Waals surface area contributed by atoms with Crippen molar-refractivity contribution in [3.8, 4) is 6.57 Å². The molecule has 0 heterocycles. The molecular weight excluding hydrogens is 164 g/mol. The van der Waals surface area contributed by atoms with Crippen LogP contribution in [0.1, 0.15) is 25.7 Å². The van der Waals surface area contributed by atoms with Crippen LogP contribution in [0.25, 0.3) is 4.85 Å². The maximum absolute atomic E-state index is 11.6. The fourth-order valence-corrected chi connectivity index (χ4v) is 1.84. The fourth-order valence-electron chi connectivity index (χ4n) is 1.84. The summed E-state index contributed by atoms with van der Waals surface area (Å²) in [5.74, 6) is 0.448. The zero-order valence-corrected chi connectivity index (χ0v) is 8.36. The maximum Gasteiger partial charge on any atom is 0.272 e. The molecule has 1 saturated carbocycles. The van der Waals surface area contributed by atoms with Crippen LogP contribution < -0.4 is 0 Å². The van der Waals surface area contributed by atoms with E-state index in [0.717, 1.165) is 25.7 Å². The monoisotopic (exact) mass is 181 g/mol. The first-order valence-corrected chi connectivity index (χ1v) is 4.76. The van der Waals surface area contributed by atoms with Crippen LogP contribution in [0.15, 0.2) is 0 Å². The van der Waals surface area contributed by atoms with Crippen molar-refractivity contribution in [2.75, 3.05) is 14.1 Å². The van der Waals surface area contributed by atoms with E-state index in [1.807, 2.05) is 14.1 Å². The second kappa shape index (κ2) is 4.27. The summed E-state index contributed by atoms with van der Waals surface area (Å²) in [6.45, 7) is 5.21. The molecule has 1 rings (SSSR count). The molecule has 3 nitrogen and oxygen atoms in total. The number of carbonyl (C=O) groups excluding carboxylic acids is 1. The minimum absolute atomic E-state index is 0.202. The van der Waals surface area contributed by atoms with Gasteiger partial charge < -0.3 is 4.90 Å². The Morgan fingerprint density at radius 3 is 2.23 bits per heavy atom. The Labute approximate surface area is 79.5 Å². The van der Waals surface area contributed by atoms with Crippen molar-refractivity contribution in [3.63, 3.8) is 0 Å². The average molecular weight is 181 g/mol. The van der Waals surface area contributed by atoms with Gasteiger partial charge in [-0.25, -0.2) is 0 Å². The third-order valence-electron chi connectivity index (χ3n) is 2.70. The highest BCUT2D eigenvalue weighted by Gasteiger charge is 2.31. The lowest BCUT2D eigenvalue weighted by Crippen LogP contribution is -2.32. The molecule has 0 bridgehead atoms. The molecule has 1 aliphatic rings. The number of rotatable bonds is 1. The molecule has 1 aliphatic carbocycles. The van der Waals surface area contributed by atoms with Gasteiger partial charge in [0.25, 0.3) is 12.6 Å². The Morgan fingerprint density at radius 2 is 1.85 bits per heavy atom. The molecule has 13 heavy (non-hydrogen) atoms. The Morgan fingerprint density at radius 1 is 1.31 bits per heavy atom. The second-order valence-electron chi connectivity index (χ2n) is 3.89. The largest absolute Gasteiger partial charge is 0.349 e. The molecule has 0 aromatic rings. The normalized spacial score (nSPS) is 27.8. The van der Waals surface area contributed by atoms with Gasteiger partial charge in [-0.3, -0.25) is 4.79 Å². The van der Waals surface area contributed by atoms with Crippen molar-refractivity contribution in [1.29, 1.82) is 0 Å². The van der Waals surface area contributed by atoms with Crippen LogP contribution in [0.5, 0.6) is 0 Å². The molecule has 1 fully saturated rings. The van der Waals surface area contributed by atoms with Gasteiger partial charge in [-0.05, 0) is 12.8 Å². The van der Waals surface area contributed by atoms with E-state index in [2.05, 4.69) is 4.85 Å². The van der Waals surface area contributed by atoms with E-state index in [9.17, 15) is 4.79 Å². The summed E-state index contributed by atoms with van der Waals surface area (Å²) >= 11 is 0. The number of carbonyl (C=O) groups is 1. The molecule has 0 radical (unpaired) electrons. The van der Waals surface area contributed by atoms with Gasteiger partial charge in [-0.1, -0.05) is 4.85 Å².